The summed E-state index contributed by atoms with van der Waals surface area (Å²) < 4.78 is 10.9. The predicted octanol–water partition coefficient (Wildman–Crippen LogP) is 4.38. The lowest BCUT2D eigenvalue weighted by Crippen LogP contribution is -2.56. The van der Waals surface area contributed by atoms with Crippen LogP contribution in [0.1, 0.15) is 50.7 Å². The summed E-state index contributed by atoms with van der Waals surface area (Å²) in [6.45, 7) is 5.92. The molecule has 0 spiro atoms. The van der Waals surface area contributed by atoms with Crippen LogP contribution in [0.5, 0.6) is 0 Å². The van der Waals surface area contributed by atoms with E-state index >= 15 is 0 Å². The highest BCUT2D eigenvalue weighted by Gasteiger charge is 2.38. The summed E-state index contributed by atoms with van der Waals surface area (Å²) in [5, 5.41) is 12.1. The van der Waals surface area contributed by atoms with E-state index in [-0.39, 0.29) is 25.0 Å². The minimum Gasteiger partial charge on any atom is -0.480 e. The molecule has 0 saturated carbocycles. The number of hydrogen-bond donors (Lipinski definition) is 2. The molecule has 0 bridgehead atoms. The Morgan fingerprint density at radius 2 is 1.65 bits per heavy atom. The van der Waals surface area contributed by atoms with E-state index in [1.807, 2.05) is 48.5 Å². The Bertz CT molecular complexity index is 1050. The zero-order chi connectivity index (χ0) is 24.5. The third-order valence-electron chi connectivity index (χ3n) is 6.21. The number of aliphatic carboxylic acids is 1. The fourth-order valence-electron chi connectivity index (χ4n) is 4.52. The smallest absolute Gasteiger partial charge is 0.410 e. The second kappa shape index (κ2) is 9.37. The number of benzene rings is 2. The number of likely N-dealkylation sites (tertiary alicyclic amines) is 1. The molecule has 2 atom stereocenters. The van der Waals surface area contributed by atoms with Gasteiger partial charge < -0.3 is 24.8 Å². The molecule has 1 aliphatic heterocycles. The monoisotopic (exact) mass is 466 g/mol. The summed E-state index contributed by atoms with van der Waals surface area (Å²) in [5.41, 5.74) is 3.75. The fourth-order valence-corrected chi connectivity index (χ4v) is 4.52. The van der Waals surface area contributed by atoms with Gasteiger partial charge in [-0.25, -0.2) is 14.4 Å². The van der Waals surface area contributed by atoms with Crippen molar-refractivity contribution in [3.8, 4) is 11.1 Å². The molecule has 34 heavy (non-hydrogen) atoms. The van der Waals surface area contributed by atoms with Gasteiger partial charge in [0.15, 0.2) is 0 Å². The van der Waals surface area contributed by atoms with Gasteiger partial charge in [0.2, 0.25) is 0 Å². The van der Waals surface area contributed by atoms with E-state index in [2.05, 4.69) is 5.32 Å². The Balaban J connectivity index is 1.35. The van der Waals surface area contributed by atoms with Crippen molar-refractivity contribution in [3.05, 3.63) is 59.7 Å². The molecule has 4 rings (SSSR count). The molecule has 2 N–H and O–H groups in total. The quantitative estimate of drug-likeness (QED) is 0.655. The third kappa shape index (κ3) is 5.00. The molecule has 8 heteroatoms. The van der Waals surface area contributed by atoms with E-state index in [1.54, 1.807) is 20.8 Å². The molecule has 1 unspecified atom stereocenters. The number of carboxylic acids is 1. The molecule has 2 aromatic carbocycles. The van der Waals surface area contributed by atoms with Crippen molar-refractivity contribution in [2.24, 2.45) is 0 Å². The minimum absolute atomic E-state index is 0.0821. The van der Waals surface area contributed by atoms with Gasteiger partial charge in [-0.05, 0) is 55.9 Å². The number of ether oxygens (including phenoxy) is 2. The molecule has 0 radical (unpaired) electrons. The predicted molar refractivity (Wildman–Crippen MR) is 126 cm³/mol. The van der Waals surface area contributed by atoms with Crippen molar-refractivity contribution >= 4 is 18.2 Å². The number of carbonyl (C=O) groups is 3. The molecular weight excluding hydrogens is 436 g/mol. The Hall–Kier alpha value is -3.55. The van der Waals surface area contributed by atoms with Crippen LogP contribution < -0.4 is 5.32 Å². The van der Waals surface area contributed by atoms with E-state index in [1.165, 1.54) is 4.90 Å². The van der Waals surface area contributed by atoms with Crippen LogP contribution in [0.4, 0.5) is 9.59 Å². The summed E-state index contributed by atoms with van der Waals surface area (Å²) in [5.74, 6) is -1.29. The zero-order valence-electron chi connectivity index (χ0n) is 19.6. The first-order valence-electron chi connectivity index (χ1n) is 11.5. The first kappa shape index (κ1) is 23.6. The van der Waals surface area contributed by atoms with E-state index < -0.39 is 29.8 Å². The topological polar surface area (TPSA) is 105 Å². The summed E-state index contributed by atoms with van der Waals surface area (Å²) in [7, 11) is 0. The number of fused-ring (bicyclic) bond motifs is 3. The van der Waals surface area contributed by atoms with Crippen LogP contribution in [-0.4, -0.2) is 59.0 Å². The highest BCUT2D eigenvalue weighted by molar-refractivity contribution is 5.81. The van der Waals surface area contributed by atoms with Crippen LogP contribution in [0.2, 0.25) is 0 Å². The number of carbonyl (C=O) groups excluding carboxylic acids is 2. The Kier molecular flexibility index (Phi) is 6.50. The summed E-state index contributed by atoms with van der Waals surface area (Å²) in [6.07, 6.45) is -0.541. The van der Waals surface area contributed by atoms with Gasteiger partial charge in [0.05, 0.1) is 0 Å². The van der Waals surface area contributed by atoms with Crippen LogP contribution in [0, 0.1) is 0 Å². The highest BCUT2D eigenvalue weighted by Crippen LogP contribution is 2.44. The molecule has 8 nitrogen and oxygen atoms in total. The molecular formula is C26H30N2O6. The van der Waals surface area contributed by atoms with Gasteiger partial charge >= 0.3 is 18.2 Å². The summed E-state index contributed by atoms with van der Waals surface area (Å²) in [6, 6.07) is 14.5. The number of nitrogens with one attached hydrogen (secondary N) is 1. The minimum atomic E-state index is -1.18. The Morgan fingerprint density at radius 1 is 1.06 bits per heavy atom. The normalized spacial score (nSPS) is 17.7. The molecule has 1 fully saturated rings. The largest absolute Gasteiger partial charge is 0.480 e. The molecule has 1 aliphatic carbocycles. The van der Waals surface area contributed by atoms with Crippen molar-refractivity contribution in [2.75, 3.05) is 13.2 Å². The lowest BCUT2D eigenvalue weighted by molar-refractivity contribution is -0.140. The second-order valence-electron chi connectivity index (χ2n) is 9.71. The fraction of sp³-hybridized carbons (Fsp3) is 0.423. The molecule has 180 valence electrons. The summed E-state index contributed by atoms with van der Waals surface area (Å²) in [4.78, 5) is 38.1. The summed E-state index contributed by atoms with van der Waals surface area (Å²) >= 11 is 0. The first-order chi connectivity index (χ1) is 16.1. The maximum atomic E-state index is 12.5. The van der Waals surface area contributed by atoms with Crippen molar-refractivity contribution in [2.45, 2.75) is 57.2 Å². The van der Waals surface area contributed by atoms with Crippen LogP contribution in [0.3, 0.4) is 0 Å². The van der Waals surface area contributed by atoms with Gasteiger partial charge in [0.1, 0.15) is 18.2 Å². The van der Waals surface area contributed by atoms with Crippen LogP contribution in [-0.2, 0) is 14.3 Å². The SMILES string of the molecule is CC(C)(C)OC(=O)N1CCC1C[C@H](NC(=O)OCC1c2ccccc2-c2ccccc21)C(=O)O. The first-order valence-corrected chi connectivity index (χ1v) is 11.5. The van der Waals surface area contributed by atoms with Crippen LogP contribution in [0.25, 0.3) is 11.1 Å². The average Bonchev–Trinajstić information content (AvgIpc) is 3.06. The van der Waals surface area contributed by atoms with Crippen molar-refractivity contribution in [1.82, 2.24) is 10.2 Å². The van der Waals surface area contributed by atoms with Crippen LogP contribution >= 0.6 is 0 Å². The molecule has 1 saturated heterocycles. The maximum absolute atomic E-state index is 12.5. The van der Waals surface area contributed by atoms with Gasteiger partial charge in [0.25, 0.3) is 0 Å². The van der Waals surface area contributed by atoms with Crippen molar-refractivity contribution < 1.29 is 29.0 Å². The molecule has 1 heterocycles. The highest BCUT2D eigenvalue weighted by atomic mass is 16.6. The average molecular weight is 467 g/mol. The number of nitrogens with zero attached hydrogens (tertiary/aromatic N) is 1. The third-order valence-corrected chi connectivity index (χ3v) is 6.21. The van der Waals surface area contributed by atoms with Gasteiger partial charge in [-0.15, -0.1) is 0 Å². The van der Waals surface area contributed by atoms with Crippen molar-refractivity contribution in [3.63, 3.8) is 0 Å². The maximum Gasteiger partial charge on any atom is 0.410 e. The van der Waals surface area contributed by atoms with Gasteiger partial charge in [0, 0.05) is 18.5 Å². The Morgan fingerprint density at radius 3 is 2.15 bits per heavy atom. The van der Waals surface area contributed by atoms with E-state index in [4.69, 9.17) is 9.47 Å². The van der Waals surface area contributed by atoms with Gasteiger partial charge in [-0.3, -0.25) is 0 Å². The molecule has 2 amide bonds. The second-order valence-corrected chi connectivity index (χ2v) is 9.71. The molecule has 0 aromatic heterocycles. The number of alkyl carbamates (subject to hydrolysis) is 1. The Labute approximate surface area is 198 Å². The molecule has 2 aliphatic rings. The standard InChI is InChI=1S/C26H30N2O6/c1-26(2,3)34-25(32)28-13-12-16(28)14-22(23(29)30)27-24(31)33-15-21-19-10-6-4-8-17(19)18-9-5-7-11-20(18)21/h4-11,16,21-22H,12-15H2,1-3H3,(H,27,31)(H,29,30)/t16?,22-/m0/s1. The van der Waals surface area contributed by atoms with E-state index in [0.29, 0.717) is 13.0 Å². The zero-order valence-corrected chi connectivity index (χ0v) is 19.6. The molecule has 2 aromatic rings. The number of amides is 2. The van der Waals surface area contributed by atoms with Crippen molar-refractivity contribution in [1.29, 1.82) is 0 Å². The van der Waals surface area contributed by atoms with E-state index in [9.17, 15) is 19.5 Å². The van der Waals surface area contributed by atoms with E-state index in [0.717, 1.165) is 22.3 Å². The number of hydrogen-bond acceptors (Lipinski definition) is 5. The lowest BCUT2D eigenvalue weighted by Gasteiger charge is -2.42. The van der Waals surface area contributed by atoms with Crippen LogP contribution in [0.15, 0.2) is 48.5 Å². The number of rotatable bonds is 6. The van der Waals surface area contributed by atoms with Gasteiger partial charge in [-0.1, -0.05) is 48.5 Å². The number of carboxylic acid groups (broad SMARTS) is 1. The van der Waals surface area contributed by atoms with Gasteiger partial charge in [-0.2, -0.15) is 0 Å². The lowest BCUT2D eigenvalue weighted by atomic mass is 9.96.